The number of ether oxygens (including phenoxy) is 1. The number of anilines is 1. The first-order valence-electron chi connectivity index (χ1n) is 6.51. The summed E-state index contributed by atoms with van der Waals surface area (Å²) < 4.78 is 31.1. The average molecular weight is 300 g/mol. The maximum Gasteiger partial charge on any atom is 0.307 e. The lowest BCUT2D eigenvalue weighted by Crippen LogP contribution is -2.32. The number of nitrogens with one attached hydrogen (secondary N) is 1. The topological polar surface area (TPSA) is 58.6 Å². The van der Waals surface area contributed by atoms with E-state index in [1.165, 1.54) is 0 Å². The number of halogens is 2. The van der Waals surface area contributed by atoms with E-state index in [4.69, 9.17) is 4.74 Å². The molecule has 0 atom stereocenters. The van der Waals surface area contributed by atoms with Crippen LogP contribution >= 0.6 is 0 Å². The molecule has 1 rings (SSSR count). The average Bonchev–Trinajstić information content (AvgIpc) is 2.41. The van der Waals surface area contributed by atoms with Gasteiger partial charge in [0.15, 0.2) is 0 Å². The summed E-state index contributed by atoms with van der Waals surface area (Å²) in [5, 5.41) is 2.28. The molecule has 0 aliphatic carbocycles. The Bertz CT molecular complexity index is 509. The summed E-state index contributed by atoms with van der Waals surface area (Å²) >= 11 is 0. The molecule has 0 heterocycles. The second-order valence-corrected chi connectivity index (χ2v) is 4.47. The van der Waals surface area contributed by atoms with Crippen LogP contribution < -0.4 is 5.32 Å². The van der Waals surface area contributed by atoms with E-state index in [1.807, 2.05) is 0 Å². The molecule has 116 valence electrons. The molecule has 1 aromatic carbocycles. The summed E-state index contributed by atoms with van der Waals surface area (Å²) in [6, 6.07) is 2.82. The van der Waals surface area contributed by atoms with Crippen LogP contribution in [0.3, 0.4) is 0 Å². The van der Waals surface area contributed by atoms with Crippen molar-refractivity contribution in [1.29, 1.82) is 0 Å². The van der Waals surface area contributed by atoms with Crippen LogP contribution in [0, 0.1) is 11.6 Å². The third-order valence-electron chi connectivity index (χ3n) is 2.62. The Morgan fingerprint density at radius 1 is 1.33 bits per heavy atom. The molecule has 7 heteroatoms. The molecule has 0 aromatic heterocycles. The molecule has 0 spiro atoms. The summed E-state index contributed by atoms with van der Waals surface area (Å²) in [4.78, 5) is 24.5. The van der Waals surface area contributed by atoms with Crippen molar-refractivity contribution < 1.29 is 23.1 Å². The van der Waals surface area contributed by atoms with Crippen molar-refractivity contribution in [1.82, 2.24) is 4.90 Å². The lowest BCUT2D eigenvalue weighted by Gasteiger charge is -2.15. The lowest BCUT2D eigenvalue weighted by atomic mass is 10.3. The zero-order valence-electron chi connectivity index (χ0n) is 12.0. The highest BCUT2D eigenvalue weighted by Crippen LogP contribution is 2.15. The van der Waals surface area contributed by atoms with Gasteiger partial charge in [-0.3, -0.25) is 14.5 Å². The number of esters is 1. The summed E-state index contributed by atoms with van der Waals surface area (Å²) in [5.41, 5.74) is -0.209. The molecular weight excluding hydrogens is 282 g/mol. The van der Waals surface area contributed by atoms with Gasteiger partial charge >= 0.3 is 5.97 Å². The first-order valence-corrected chi connectivity index (χ1v) is 6.51. The highest BCUT2D eigenvalue weighted by atomic mass is 19.1. The number of nitrogens with zero attached hydrogens (tertiary/aromatic N) is 1. The Hall–Kier alpha value is -2.02. The minimum Gasteiger partial charge on any atom is -0.466 e. The van der Waals surface area contributed by atoms with E-state index in [2.05, 4.69) is 5.32 Å². The molecule has 0 aliphatic rings. The van der Waals surface area contributed by atoms with Crippen LogP contribution in [-0.2, 0) is 14.3 Å². The number of rotatable bonds is 7. The fourth-order valence-corrected chi connectivity index (χ4v) is 1.62. The van der Waals surface area contributed by atoms with Gasteiger partial charge in [0.2, 0.25) is 5.91 Å². The number of hydrogen-bond donors (Lipinski definition) is 1. The Morgan fingerprint density at radius 2 is 2.05 bits per heavy atom. The van der Waals surface area contributed by atoms with E-state index in [1.54, 1.807) is 18.9 Å². The SMILES string of the molecule is CCOC(=O)CCN(C)CC(=O)Nc1cc(F)ccc1F. The maximum atomic E-state index is 13.3. The first-order chi connectivity index (χ1) is 9.92. The van der Waals surface area contributed by atoms with Gasteiger partial charge in [-0.25, -0.2) is 8.78 Å². The molecule has 5 nitrogen and oxygen atoms in total. The van der Waals surface area contributed by atoms with Gasteiger partial charge < -0.3 is 10.1 Å². The summed E-state index contributed by atoms with van der Waals surface area (Å²) in [6.07, 6.45) is 0.159. The summed E-state index contributed by atoms with van der Waals surface area (Å²) in [7, 11) is 1.64. The third kappa shape index (κ3) is 6.31. The molecule has 0 bridgehead atoms. The monoisotopic (exact) mass is 300 g/mol. The standard InChI is InChI=1S/C14H18F2N2O3/c1-3-21-14(20)6-7-18(2)9-13(19)17-12-8-10(15)4-5-11(12)16/h4-5,8H,3,6-7,9H2,1-2H3,(H,17,19). The predicted molar refractivity (Wildman–Crippen MR) is 73.7 cm³/mol. The highest BCUT2D eigenvalue weighted by molar-refractivity contribution is 5.92. The molecule has 0 unspecified atom stereocenters. The molecule has 0 radical (unpaired) electrons. The third-order valence-corrected chi connectivity index (χ3v) is 2.62. The van der Waals surface area contributed by atoms with E-state index < -0.39 is 17.5 Å². The normalized spacial score (nSPS) is 10.5. The fourth-order valence-electron chi connectivity index (χ4n) is 1.62. The van der Waals surface area contributed by atoms with Crippen molar-refractivity contribution in [3.05, 3.63) is 29.8 Å². The van der Waals surface area contributed by atoms with E-state index in [9.17, 15) is 18.4 Å². The second-order valence-electron chi connectivity index (χ2n) is 4.47. The van der Waals surface area contributed by atoms with Gasteiger partial charge in [-0.2, -0.15) is 0 Å². The predicted octanol–water partition coefficient (Wildman–Crippen LogP) is 1.79. The summed E-state index contributed by atoms with van der Waals surface area (Å²) in [5.74, 6) is -2.19. The maximum absolute atomic E-state index is 13.3. The molecule has 1 amide bonds. The molecule has 0 saturated heterocycles. The van der Waals surface area contributed by atoms with Crippen LogP contribution in [0.4, 0.5) is 14.5 Å². The molecule has 1 aromatic rings. The van der Waals surface area contributed by atoms with Gasteiger partial charge in [-0.1, -0.05) is 0 Å². The van der Waals surface area contributed by atoms with Crippen LogP contribution in [0.2, 0.25) is 0 Å². The minimum absolute atomic E-state index is 0.0463. The lowest BCUT2D eigenvalue weighted by molar-refractivity contribution is -0.143. The van der Waals surface area contributed by atoms with E-state index in [0.29, 0.717) is 13.2 Å². The Kier molecular flexibility index (Phi) is 6.74. The van der Waals surface area contributed by atoms with Crippen molar-refractivity contribution >= 4 is 17.6 Å². The second kappa shape index (κ2) is 8.31. The number of carbonyl (C=O) groups excluding carboxylic acids is 2. The van der Waals surface area contributed by atoms with E-state index in [0.717, 1.165) is 18.2 Å². The van der Waals surface area contributed by atoms with Crippen molar-refractivity contribution in [2.24, 2.45) is 0 Å². The minimum atomic E-state index is -0.709. The van der Waals surface area contributed by atoms with Crippen LogP contribution in [0.1, 0.15) is 13.3 Å². The van der Waals surface area contributed by atoms with Crippen molar-refractivity contribution in [2.75, 3.05) is 32.1 Å². The van der Waals surface area contributed by atoms with E-state index >= 15 is 0 Å². The summed E-state index contributed by atoms with van der Waals surface area (Å²) in [6.45, 7) is 2.30. The fraction of sp³-hybridized carbons (Fsp3) is 0.429. The van der Waals surface area contributed by atoms with Crippen molar-refractivity contribution in [3.8, 4) is 0 Å². The van der Waals surface area contributed by atoms with Crippen LogP contribution in [0.5, 0.6) is 0 Å². The van der Waals surface area contributed by atoms with E-state index in [-0.39, 0.29) is 24.6 Å². The van der Waals surface area contributed by atoms with Crippen molar-refractivity contribution in [2.45, 2.75) is 13.3 Å². The smallest absolute Gasteiger partial charge is 0.307 e. The van der Waals surface area contributed by atoms with Crippen molar-refractivity contribution in [3.63, 3.8) is 0 Å². The Labute approximate surface area is 121 Å². The van der Waals surface area contributed by atoms with Crippen LogP contribution in [-0.4, -0.2) is 43.5 Å². The van der Waals surface area contributed by atoms with Gasteiger partial charge in [-0.05, 0) is 26.1 Å². The molecule has 0 saturated carbocycles. The number of hydrogen-bond acceptors (Lipinski definition) is 4. The molecule has 21 heavy (non-hydrogen) atoms. The van der Waals surface area contributed by atoms with Gasteiger partial charge in [0.25, 0.3) is 0 Å². The number of benzene rings is 1. The highest BCUT2D eigenvalue weighted by Gasteiger charge is 2.12. The largest absolute Gasteiger partial charge is 0.466 e. The first kappa shape index (κ1) is 17.0. The quantitative estimate of drug-likeness (QED) is 0.780. The molecular formula is C14H18F2N2O3. The van der Waals surface area contributed by atoms with Crippen LogP contribution in [0.25, 0.3) is 0 Å². The van der Waals surface area contributed by atoms with Gasteiger partial charge in [0.05, 0.1) is 25.3 Å². The van der Waals surface area contributed by atoms with Crippen LogP contribution in [0.15, 0.2) is 18.2 Å². The Balaban J connectivity index is 2.42. The zero-order chi connectivity index (χ0) is 15.8. The zero-order valence-corrected chi connectivity index (χ0v) is 12.0. The number of likely N-dealkylation sites (N-methyl/N-ethyl adjacent to an activating group) is 1. The van der Waals surface area contributed by atoms with Gasteiger partial charge in [-0.15, -0.1) is 0 Å². The Morgan fingerprint density at radius 3 is 2.71 bits per heavy atom. The molecule has 0 fully saturated rings. The molecule has 0 aliphatic heterocycles. The number of amides is 1. The van der Waals surface area contributed by atoms with Gasteiger partial charge in [0, 0.05) is 12.6 Å². The number of carbonyl (C=O) groups is 2. The molecule has 1 N–H and O–H groups in total. The van der Waals surface area contributed by atoms with Gasteiger partial charge in [0.1, 0.15) is 11.6 Å².